The largest absolute Gasteiger partial charge is 0.349 e. The normalized spacial score (nSPS) is 23.4. The number of rotatable bonds is 3. The zero-order valence-corrected chi connectivity index (χ0v) is 16.5. The molecule has 2 aliphatic heterocycles. The number of hydrogen-bond acceptors (Lipinski definition) is 2. The number of benzene rings is 2. The first-order valence-corrected chi connectivity index (χ1v) is 10.2. The highest BCUT2D eigenvalue weighted by Gasteiger charge is 2.41. The van der Waals surface area contributed by atoms with Crippen LogP contribution in [0.25, 0.3) is 0 Å². The summed E-state index contributed by atoms with van der Waals surface area (Å²) >= 11 is 0. The molecule has 0 aliphatic carbocycles. The number of hydrogen-bond donors (Lipinski definition) is 2. The van der Waals surface area contributed by atoms with Gasteiger partial charge >= 0.3 is 6.03 Å². The zero-order chi connectivity index (χ0) is 20.4. The van der Waals surface area contributed by atoms with E-state index in [2.05, 4.69) is 10.6 Å². The molecule has 2 saturated heterocycles. The highest BCUT2D eigenvalue weighted by Crippen LogP contribution is 2.34. The number of anilines is 1. The van der Waals surface area contributed by atoms with Gasteiger partial charge in [-0.05, 0) is 69.4 Å². The average molecular weight is 395 g/mol. The van der Waals surface area contributed by atoms with Crippen molar-refractivity contribution in [3.8, 4) is 0 Å². The van der Waals surface area contributed by atoms with Crippen LogP contribution in [0.1, 0.15) is 48.0 Å². The van der Waals surface area contributed by atoms with Gasteiger partial charge in [0, 0.05) is 29.4 Å². The molecular weight excluding hydrogens is 369 g/mol. The molecule has 29 heavy (non-hydrogen) atoms. The standard InChI is InChI=1S/C23H26FN3O2/c1-15-5-2-6-16(11-15)22(28)25-19-13-20-9-4-10-21(14-19)27(20)23(29)26-18-8-3-7-17(24)12-18/h2-3,5-8,11-12,19-21H,4,9-10,13-14H2,1H3,(H,25,28)(H,26,29)/t19?,20-,21+. The number of fused-ring (bicyclic) bond motifs is 2. The molecule has 2 aromatic rings. The Morgan fingerprint density at radius 1 is 1.03 bits per heavy atom. The lowest BCUT2D eigenvalue weighted by atomic mass is 9.82. The lowest BCUT2D eigenvalue weighted by Crippen LogP contribution is -2.59. The molecule has 2 bridgehead atoms. The molecule has 3 atom stereocenters. The third-order valence-corrected chi connectivity index (χ3v) is 5.90. The van der Waals surface area contributed by atoms with Crippen molar-refractivity contribution in [1.82, 2.24) is 10.2 Å². The van der Waals surface area contributed by atoms with Crippen molar-refractivity contribution in [2.24, 2.45) is 0 Å². The van der Waals surface area contributed by atoms with Crippen molar-refractivity contribution in [2.45, 2.75) is 57.2 Å². The van der Waals surface area contributed by atoms with Crippen molar-refractivity contribution in [1.29, 1.82) is 0 Å². The van der Waals surface area contributed by atoms with Crippen molar-refractivity contribution >= 4 is 17.6 Å². The topological polar surface area (TPSA) is 61.4 Å². The zero-order valence-electron chi connectivity index (χ0n) is 16.5. The Hall–Kier alpha value is -2.89. The van der Waals surface area contributed by atoms with Gasteiger partial charge in [-0.1, -0.05) is 23.8 Å². The lowest BCUT2D eigenvalue weighted by Gasteiger charge is -2.48. The van der Waals surface area contributed by atoms with E-state index in [1.807, 2.05) is 36.1 Å². The maximum atomic E-state index is 13.4. The van der Waals surface area contributed by atoms with E-state index in [0.29, 0.717) is 11.3 Å². The smallest absolute Gasteiger partial charge is 0.322 e. The molecule has 5 nitrogen and oxygen atoms in total. The molecule has 2 fully saturated rings. The molecule has 3 amide bonds. The summed E-state index contributed by atoms with van der Waals surface area (Å²) < 4.78 is 13.4. The molecule has 0 radical (unpaired) electrons. The van der Waals surface area contributed by atoms with Crippen molar-refractivity contribution in [3.63, 3.8) is 0 Å². The fourth-order valence-corrected chi connectivity index (χ4v) is 4.64. The molecule has 4 rings (SSSR count). The first kappa shape index (κ1) is 19.4. The number of urea groups is 1. The van der Waals surface area contributed by atoms with Crippen LogP contribution >= 0.6 is 0 Å². The van der Waals surface area contributed by atoms with Crippen molar-refractivity contribution < 1.29 is 14.0 Å². The van der Waals surface area contributed by atoms with Gasteiger partial charge in [-0.15, -0.1) is 0 Å². The van der Waals surface area contributed by atoms with E-state index in [9.17, 15) is 14.0 Å². The summed E-state index contributed by atoms with van der Waals surface area (Å²) in [4.78, 5) is 27.4. The second-order valence-corrected chi connectivity index (χ2v) is 8.10. The second kappa shape index (κ2) is 8.23. The first-order valence-electron chi connectivity index (χ1n) is 10.2. The second-order valence-electron chi connectivity index (χ2n) is 8.10. The molecule has 2 aromatic carbocycles. The fraction of sp³-hybridized carbons (Fsp3) is 0.391. The molecule has 152 valence electrons. The van der Waals surface area contributed by atoms with Crippen LogP contribution in [0.4, 0.5) is 14.9 Å². The summed E-state index contributed by atoms with van der Waals surface area (Å²) in [6.45, 7) is 1.97. The fourth-order valence-electron chi connectivity index (χ4n) is 4.64. The Morgan fingerprint density at radius 2 is 1.76 bits per heavy atom. The van der Waals surface area contributed by atoms with Gasteiger partial charge in [-0.3, -0.25) is 4.79 Å². The molecular formula is C23H26FN3O2. The van der Waals surface area contributed by atoms with E-state index in [0.717, 1.165) is 37.7 Å². The van der Waals surface area contributed by atoms with Crippen LogP contribution in [0.2, 0.25) is 0 Å². The van der Waals surface area contributed by atoms with Gasteiger partial charge in [-0.25, -0.2) is 9.18 Å². The minimum Gasteiger partial charge on any atom is -0.349 e. The number of halogens is 1. The van der Waals surface area contributed by atoms with Gasteiger partial charge in [0.25, 0.3) is 5.91 Å². The van der Waals surface area contributed by atoms with Crippen molar-refractivity contribution in [3.05, 3.63) is 65.5 Å². The number of amides is 3. The number of aryl methyl sites for hydroxylation is 1. The number of piperidine rings is 2. The quantitative estimate of drug-likeness (QED) is 0.805. The van der Waals surface area contributed by atoms with Gasteiger partial charge in [0.15, 0.2) is 0 Å². The van der Waals surface area contributed by atoms with Gasteiger partial charge < -0.3 is 15.5 Å². The van der Waals surface area contributed by atoms with E-state index in [1.54, 1.807) is 12.1 Å². The number of carbonyl (C=O) groups is 2. The lowest BCUT2D eigenvalue weighted by molar-refractivity contribution is 0.0577. The van der Waals surface area contributed by atoms with Gasteiger partial charge in [0.1, 0.15) is 5.82 Å². The van der Waals surface area contributed by atoms with Gasteiger partial charge in [0.05, 0.1) is 0 Å². The van der Waals surface area contributed by atoms with Gasteiger partial charge in [-0.2, -0.15) is 0 Å². The summed E-state index contributed by atoms with van der Waals surface area (Å²) in [5.74, 6) is -0.435. The van der Waals surface area contributed by atoms with E-state index in [1.165, 1.54) is 12.1 Å². The third kappa shape index (κ3) is 4.42. The molecule has 6 heteroatoms. The highest BCUT2D eigenvalue weighted by molar-refractivity contribution is 5.94. The van der Waals surface area contributed by atoms with E-state index in [-0.39, 0.29) is 35.9 Å². The number of nitrogens with one attached hydrogen (secondary N) is 2. The Labute approximate surface area is 170 Å². The minimum atomic E-state index is -0.374. The third-order valence-electron chi connectivity index (χ3n) is 5.90. The molecule has 0 aromatic heterocycles. The number of nitrogens with zero attached hydrogens (tertiary/aromatic N) is 1. The Balaban J connectivity index is 1.42. The Morgan fingerprint density at radius 3 is 2.45 bits per heavy atom. The van der Waals surface area contributed by atoms with Crippen LogP contribution in [-0.2, 0) is 0 Å². The van der Waals surface area contributed by atoms with E-state index >= 15 is 0 Å². The molecule has 2 heterocycles. The van der Waals surface area contributed by atoms with E-state index < -0.39 is 0 Å². The molecule has 0 spiro atoms. The summed E-state index contributed by atoms with van der Waals surface area (Å²) in [5, 5.41) is 5.99. The van der Waals surface area contributed by atoms with Crippen LogP contribution in [0.15, 0.2) is 48.5 Å². The molecule has 0 saturated carbocycles. The predicted molar refractivity (Wildman–Crippen MR) is 110 cm³/mol. The summed E-state index contributed by atoms with van der Waals surface area (Å²) in [6.07, 6.45) is 4.40. The minimum absolute atomic E-state index is 0.0523. The molecule has 1 unspecified atom stereocenters. The SMILES string of the molecule is Cc1cccc(C(=O)NC2C[C@H]3CCC[C@@H](C2)N3C(=O)Nc2cccc(F)c2)c1. The van der Waals surface area contributed by atoms with Gasteiger partial charge in [0.2, 0.25) is 0 Å². The van der Waals surface area contributed by atoms with Crippen molar-refractivity contribution in [2.75, 3.05) is 5.32 Å². The Bertz CT molecular complexity index is 903. The molecule has 2 aliphatic rings. The Kier molecular flexibility index (Phi) is 5.51. The predicted octanol–water partition coefficient (Wildman–Crippen LogP) is 4.48. The summed E-state index contributed by atoms with van der Waals surface area (Å²) in [7, 11) is 0. The van der Waals surface area contributed by atoms with Crippen LogP contribution < -0.4 is 10.6 Å². The summed E-state index contributed by atoms with van der Waals surface area (Å²) in [5.41, 5.74) is 2.18. The number of carbonyl (C=O) groups excluding carboxylic acids is 2. The average Bonchev–Trinajstić information content (AvgIpc) is 2.67. The maximum absolute atomic E-state index is 13.4. The monoisotopic (exact) mass is 395 g/mol. The van der Waals surface area contributed by atoms with E-state index in [4.69, 9.17) is 0 Å². The van der Waals surface area contributed by atoms with Crippen LogP contribution in [0, 0.1) is 12.7 Å². The van der Waals surface area contributed by atoms with Crippen LogP contribution in [-0.4, -0.2) is 35.0 Å². The van der Waals surface area contributed by atoms with Crippen LogP contribution in [0.3, 0.4) is 0 Å². The van der Waals surface area contributed by atoms with Crippen LogP contribution in [0.5, 0.6) is 0 Å². The molecule has 2 N–H and O–H groups in total. The maximum Gasteiger partial charge on any atom is 0.322 e. The summed E-state index contributed by atoms with van der Waals surface area (Å²) in [6, 6.07) is 13.5. The first-order chi connectivity index (χ1) is 14.0. The highest BCUT2D eigenvalue weighted by atomic mass is 19.1.